The van der Waals surface area contributed by atoms with E-state index in [1.54, 1.807) is 36.1 Å². The fourth-order valence-corrected chi connectivity index (χ4v) is 2.15. The minimum absolute atomic E-state index is 0.131. The lowest BCUT2D eigenvalue weighted by Crippen LogP contribution is -1.93. The van der Waals surface area contributed by atoms with E-state index >= 15 is 0 Å². The standard InChI is InChI=1S/C15H15ClN2O3/c1-18-9-11(8-17-18)13(19)5-4-10-6-12(16)15(21-3)14(7-10)20-2/h4-9H,1-3H3/b5-4+. The van der Waals surface area contributed by atoms with Crippen LogP contribution in [-0.4, -0.2) is 29.8 Å². The molecule has 0 saturated heterocycles. The number of hydrogen-bond donors (Lipinski definition) is 0. The maximum absolute atomic E-state index is 12.0. The van der Waals surface area contributed by atoms with Crippen LogP contribution in [0.25, 0.3) is 6.08 Å². The summed E-state index contributed by atoms with van der Waals surface area (Å²) < 4.78 is 11.9. The Morgan fingerprint density at radius 1 is 1.33 bits per heavy atom. The highest BCUT2D eigenvalue weighted by molar-refractivity contribution is 6.32. The molecule has 0 radical (unpaired) electrons. The van der Waals surface area contributed by atoms with Crippen LogP contribution in [0, 0.1) is 0 Å². The van der Waals surface area contributed by atoms with Crippen molar-refractivity contribution in [2.45, 2.75) is 0 Å². The number of aromatic nitrogens is 2. The predicted molar refractivity (Wildman–Crippen MR) is 81.1 cm³/mol. The van der Waals surface area contributed by atoms with Gasteiger partial charge in [0.2, 0.25) is 0 Å². The van der Waals surface area contributed by atoms with Gasteiger partial charge in [0.15, 0.2) is 17.3 Å². The summed E-state index contributed by atoms with van der Waals surface area (Å²) in [7, 11) is 4.81. The van der Waals surface area contributed by atoms with E-state index in [4.69, 9.17) is 21.1 Å². The van der Waals surface area contributed by atoms with Crippen molar-refractivity contribution in [2.24, 2.45) is 7.05 Å². The fourth-order valence-electron chi connectivity index (χ4n) is 1.85. The van der Waals surface area contributed by atoms with E-state index in [2.05, 4.69) is 5.10 Å². The number of hydrogen-bond acceptors (Lipinski definition) is 4. The third-order valence-electron chi connectivity index (χ3n) is 2.87. The molecule has 0 unspecified atom stereocenters. The van der Waals surface area contributed by atoms with Crippen molar-refractivity contribution in [2.75, 3.05) is 14.2 Å². The summed E-state index contributed by atoms with van der Waals surface area (Å²) in [5.74, 6) is 0.849. The van der Waals surface area contributed by atoms with Crippen LogP contribution >= 0.6 is 11.6 Å². The summed E-state index contributed by atoms with van der Waals surface area (Å²) in [6.07, 6.45) is 6.32. The number of rotatable bonds is 5. The number of ether oxygens (including phenoxy) is 2. The van der Waals surface area contributed by atoms with Crippen LogP contribution in [0.1, 0.15) is 15.9 Å². The Morgan fingerprint density at radius 3 is 2.67 bits per heavy atom. The largest absolute Gasteiger partial charge is 0.493 e. The predicted octanol–water partition coefficient (Wildman–Crippen LogP) is 2.99. The Morgan fingerprint density at radius 2 is 2.10 bits per heavy atom. The monoisotopic (exact) mass is 306 g/mol. The van der Waals surface area contributed by atoms with Gasteiger partial charge >= 0.3 is 0 Å². The lowest BCUT2D eigenvalue weighted by Gasteiger charge is -2.10. The molecule has 0 atom stereocenters. The number of carbonyl (C=O) groups is 1. The van der Waals surface area contributed by atoms with Gasteiger partial charge in [-0.05, 0) is 23.8 Å². The van der Waals surface area contributed by atoms with Crippen LogP contribution < -0.4 is 9.47 Å². The second-order valence-corrected chi connectivity index (χ2v) is 4.75. The minimum atomic E-state index is -0.131. The number of methoxy groups -OCH3 is 2. The molecule has 21 heavy (non-hydrogen) atoms. The van der Waals surface area contributed by atoms with E-state index in [9.17, 15) is 4.79 Å². The molecule has 2 aromatic rings. The van der Waals surface area contributed by atoms with Gasteiger partial charge in [-0.2, -0.15) is 5.10 Å². The Kier molecular flexibility index (Phi) is 4.65. The van der Waals surface area contributed by atoms with Gasteiger partial charge in [-0.15, -0.1) is 0 Å². The van der Waals surface area contributed by atoms with Gasteiger partial charge in [0, 0.05) is 13.2 Å². The van der Waals surface area contributed by atoms with Crippen molar-refractivity contribution in [1.82, 2.24) is 9.78 Å². The van der Waals surface area contributed by atoms with Crippen molar-refractivity contribution in [3.63, 3.8) is 0 Å². The van der Waals surface area contributed by atoms with Gasteiger partial charge < -0.3 is 9.47 Å². The van der Waals surface area contributed by atoms with Crippen LogP contribution in [0.2, 0.25) is 5.02 Å². The number of nitrogens with zero attached hydrogens (tertiary/aromatic N) is 2. The van der Waals surface area contributed by atoms with Crippen LogP contribution in [-0.2, 0) is 7.05 Å². The molecule has 0 bridgehead atoms. The molecule has 0 amide bonds. The van der Waals surface area contributed by atoms with Crippen molar-refractivity contribution in [3.8, 4) is 11.5 Å². The number of carbonyl (C=O) groups excluding carboxylic acids is 1. The lowest BCUT2D eigenvalue weighted by atomic mass is 10.1. The molecule has 0 spiro atoms. The zero-order valence-electron chi connectivity index (χ0n) is 12.0. The topological polar surface area (TPSA) is 53.3 Å². The van der Waals surface area contributed by atoms with Gasteiger partial charge in [-0.25, -0.2) is 0 Å². The molecule has 0 saturated carbocycles. The smallest absolute Gasteiger partial charge is 0.189 e. The highest BCUT2D eigenvalue weighted by Gasteiger charge is 2.10. The second-order valence-electron chi connectivity index (χ2n) is 4.34. The van der Waals surface area contributed by atoms with E-state index < -0.39 is 0 Å². The molecule has 0 fully saturated rings. The molecule has 5 nitrogen and oxygen atoms in total. The quantitative estimate of drug-likeness (QED) is 0.629. The van der Waals surface area contributed by atoms with E-state index in [0.717, 1.165) is 5.56 Å². The Labute approximate surface area is 127 Å². The van der Waals surface area contributed by atoms with Crippen molar-refractivity contribution in [3.05, 3.63) is 46.8 Å². The summed E-state index contributed by atoms with van der Waals surface area (Å²) in [6, 6.07) is 3.45. The first-order valence-corrected chi connectivity index (χ1v) is 6.55. The van der Waals surface area contributed by atoms with Crippen molar-refractivity contribution < 1.29 is 14.3 Å². The maximum Gasteiger partial charge on any atom is 0.189 e. The first-order chi connectivity index (χ1) is 10.0. The van der Waals surface area contributed by atoms with Crippen LogP contribution in [0.4, 0.5) is 0 Å². The van der Waals surface area contributed by atoms with Gasteiger partial charge in [-0.1, -0.05) is 17.7 Å². The van der Waals surface area contributed by atoms with E-state index in [-0.39, 0.29) is 5.78 Å². The average Bonchev–Trinajstić information content (AvgIpc) is 2.90. The van der Waals surface area contributed by atoms with E-state index in [1.165, 1.54) is 26.5 Å². The van der Waals surface area contributed by atoms with Crippen LogP contribution in [0.5, 0.6) is 11.5 Å². The molecular weight excluding hydrogens is 292 g/mol. The summed E-state index contributed by atoms with van der Waals surface area (Å²) in [4.78, 5) is 12.0. The molecule has 6 heteroatoms. The number of benzene rings is 1. The Balaban J connectivity index is 2.25. The third-order valence-corrected chi connectivity index (χ3v) is 3.15. The summed E-state index contributed by atoms with van der Waals surface area (Å²) in [5, 5.41) is 4.38. The molecule has 1 aromatic carbocycles. The van der Waals surface area contributed by atoms with Crippen molar-refractivity contribution in [1.29, 1.82) is 0 Å². The third kappa shape index (κ3) is 3.44. The fraction of sp³-hybridized carbons (Fsp3) is 0.200. The molecule has 0 aliphatic carbocycles. The zero-order valence-corrected chi connectivity index (χ0v) is 12.7. The van der Waals surface area contributed by atoms with Gasteiger partial charge in [0.1, 0.15) is 0 Å². The van der Waals surface area contributed by atoms with Gasteiger partial charge in [0.05, 0.1) is 31.0 Å². The SMILES string of the molecule is COc1cc(/C=C/C(=O)c2cnn(C)c2)cc(Cl)c1OC. The number of ketones is 1. The Hall–Kier alpha value is -2.27. The second kappa shape index (κ2) is 6.45. The van der Waals surface area contributed by atoms with Gasteiger partial charge in [0.25, 0.3) is 0 Å². The summed E-state index contributed by atoms with van der Waals surface area (Å²) >= 11 is 6.11. The molecule has 1 aromatic heterocycles. The number of halogens is 1. The number of aryl methyl sites for hydroxylation is 1. The normalized spacial score (nSPS) is 10.9. The molecule has 0 aliphatic rings. The molecular formula is C15H15ClN2O3. The summed E-state index contributed by atoms with van der Waals surface area (Å²) in [6.45, 7) is 0. The van der Waals surface area contributed by atoms with Crippen LogP contribution in [0.15, 0.2) is 30.6 Å². The van der Waals surface area contributed by atoms with E-state index in [1.807, 2.05) is 0 Å². The molecule has 2 rings (SSSR count). The minimum Gasteiger partial charge on any atom is -0.493 e. The Bertz CT molecular complexity index is 692. The first kappa shape index (κ1) is 15.1. The van der Waals surface area contributed by atoms with Crippen LogP contribution in [0.3, 0.4) is 0 Å². The van der Waals surface area contributed by atoms with E-state index in [0.29, 0.717) is 22.1 Å². The molecule has 1 heterocycles. The zero-order chi connectivity index (χ0) is 15.4. The van der Waals surface area contributed by atoms with Gasteiger partial charge in [-0.3, -0.25) is 9.48 Å². The lowest BCUT2D eigenvalue weighted by molar-refractivity contribution is 0.104. The molecule has 110 valence electrons. The first-order valence-electron chi connectivity index (χ1n) is 6.17. The summed E-state index contributed by atoms with van der Waals surface area (Å²) in [5.41, 5.74) is 1.27. The highest BCUT2D eigenvalue weighted by atomic mass is 35.5. The molecule has 0 aliphatic heterocycles. The maximum atomic E-state index is 12.0. The number of allylic oxidation sites excluding steroid dienone is 1. The highest BCUT2D eigenvalue weighted by Crippen LogP contribution is 2.36. The average molecular weight is 307 g/mol. The van der Waals surface area contributed by atoms with Crippen molar-refractivity contribution >= 4 is 23.5 Å². The molecule has 0 N–H and O–H groups in total.